The maximum absolute atomic E-state index is 6.18. The van der Waals surface area contributed by atoms with Crippen molar-refractivity contribution in [2.45, 2.75) is 120 Å². The number of unbranched alkanes of at least 4 members (excludes halogenated alkanes) is 6. The fourth-order valence-corrected chi connectivity index (χ4v) is 6.53. The highest BCUT2D eigenvalue weighted by Gasteiger charge is 2.26. The fraction of sp³-hybridized carbons (Fsp3) is 1.00. The van der Waals surface area contributed by atoms with E-state index in [0.29, 0.717) is 5.25 Å². The summed E-state index contributed by atoms with van der Waals surface area (Å²) in [5.74, 6) is 0.763. The summed E-state index contributed by atoms with van der Waals surface area (Å²) in [6.45, 7) is 11.4. The van der Waals surface area contributed by atoms with Gasteiger partial charge < -0.3 is 0 Å². The van der Waals surface area contributed by atoms with Crippen molar-refractivity contribution < 1.29 is 0 Å². The van der Waals surface area contributed by atoms with Crippen molar-refractivity contribution >= 4 is 44.8 Å². The summed E-state index contributed by atoms with van der Waals surface area (Å²) in [6, 6.07) is 0. The molecule has 0 aliphatic carbocycles. The average molecular weight is 416 g/mol. The first-order valence-electron chi connectivity index (χ1n) is 9.92. The Morgan fingerprint density at radius 2 is 1.29 bits per heavy atom. The average Bonchev–Trinajstić information content (AvgIpc) is 2.49. The first-order valence-corrected chi connectivity index (χ1v) is 13.0. The van der Waals surface area contributed by atoms with Crippen LogP contribution in [0.3, 0.4) is 0 Å². The van der Waals surface area contributed by atoms with Gasteiger partial charge in [-0.1, -0.05) is 108 Å². The molecule has 0 nitrogen and oxygen atoms in total. The van der Waals surface area contributed by atoms with E-state index >= 15 is 0 Å². The summed E-state index contributed by atoms with van der Waals surface area (Å²) in [4.78, 5) is -0.239. The van der Waals surface area contributed by atoms with Gasteiger partial charge in [0.25, 0.3) is 0 Å². The van der Waals surface area contributed by atoms with Crippen molar-refractivity contribution in [3.05, 3.63) is 0 Å². The lowest BCUT2D eigenvalue weighted by atomic mass is 9.90. The van der Waals surface area contributed by atoms with Gasteiger partial charge in [-0.05, 0) is 25.2 Å². The molecule has 0 aliphatic rings. The van der Waals surface area contributed by atoms with Gasteiger partial charge in [-0.25, -0.2) is 0 Å². The van der Waals surface area contributed by atoms with Crippen LogP contribution in [0, 0.1) is 5.92 Å². The molecule has 0 amide bonds. The number of hydrogen-bond donors (Lipinski definition) is 0. The monoisotopic (exact) mass is 414 g/mol. The molecular weight excluding hydrogens is 375 g/mol. The van der Waals surface area contributed by atoms with Crippen molar-refractivity contribution in [3.63, 3.8) is 0 Å². The normalized spacial score (nSPS) is 13.9. The van der Waals surface area contributed by atoms with Gasteiger partial charge in [-0.3, -0.25) is 0 Å². The molecule has 0 spiro atoms. The molecule has 0 aliphatic heterocycles. The molecule has 0 saturated heterocycles. The van der Waals surface area contributed by atoms with Gasteiger partial charge in [0.15, 0.2) is 0 Å². The van der Waals surface area contributed by atoms with E-state index in [0.717, 1.165) is 12.3 Å². The fourth-order valence-electron chi connectivity index (χ4n) is 2.87. The molecule has 146 valence electrons. The molecule has 0 fully saturated rings. The first-order chi connectivity index (χ1) is 11.3. The van der Waals surface area contributed by atoms with Gasteiger partial charge in [0, 0.05) is 10.00 Å². The zero-order valence-corrected chi connectivity index (χ0v) is 19.7. The predicted octanol–water partition coefficient (Wildman–Crippen LogP) is 9.29. The lowest BCUT2D eigenvalue weighted by molar-refractivity contribution is 0.388. The highest BCUT2D eigenvalue weighted by atomic mass is 35.5. The lowest BCUT2D eigenvalue weighted by Gasteiger charge is -2.29. The molecule has 0 unspecified atom stereocenters. The molecule has 1 atom stereocenters. The van der Waals surface area contributed by atoms with Gasteiger partial charge in [-0.15, -0.1) is 23.2 Å². The molecule has 0 aromatic carbocycles. The summed E-state index contributed by atoms with van der Waals surface area (Å²) in [5, 5.41) is 0.581. The van der Waals surface area contributed by atoms with E-state index in [1.165, 1.54) is 64.2 Å². The van der Waals surface area contributed by atoms with E-state index in [1.54, 1.807) is 0 Å². The molecule has 0 saturated carbocycles. The quantitative estimate of drug-likeness (QED) is 0.148. The third-order valence-corrected chi connectivity index (χ3v) is 8.52. The second-order valence-corrected chi connectivity index (χ2v) is 12.5. The summed E-state index contributed by atoms with van der Waals surface area (Å²) < 4.78 is 0.284. The Balaban J connectivity index is 4.66. The van der Waals surface area contributed by atoms with E-state index in [4.69, 9.17) is 23.2 Å². The first kappa shape index (κ1) is 25.3. The molecular formula is C20H40Cl2S2. The molecule has 0 bridgehead atoms. The summed E-state index contributed by atoms with van der Waals surface area (Å²) >= 11 is 12.4. The number of hydrogen-bond acceptors (Lipinski definition) is 2. The molecule has 0 aromatic heterocycles. The zero-order valence-electron chi connectivity index (χ0n) is 16.6. The predicted molar refractivity (Wildman–Crippen MR) is 120 cm³/mol. The lowest BCUT2D eigenvalue weighted by Crippen LogP contribution is -2.21. The van der Waals surface area contributed by atoms with Crippen molar-refractivity contribution in [1.82, 2.24) is 0 Å². The van der Waals surface area contributed by atoms with Crippen LogP contribution in [0.4, 0.5) is 0 Å². The SMILES string of the molecule is CCCCCCC(CCCCCC)[C@@H](CC(Cl)Cl)SSC(C)(C)C. The molecule has 0 radical (unpaired) electrons. The smallest absolute Gasteiger partial charge is 0.105 e. The summed E-state index contributed by atoms with van der Waals surface area (Å²) in [6.07, 6.45) is 14.4. The maximum atomic E-state index is 6.18. The molecule has 0 aromatic rings. The highest BCUT2D eigenvalue weighted by molar-refractivity contribution is 8.77. The minimum atomic E-state index is -0.239. The van der Waals surface area contributed by atoms with Crippen molar-refractivity contribution in [3.8, 4) is 0 Å². The maximum Gasteiger partial charge on any atom is 0.108 e. The van der Waals surface area contributed by atoms with Crippen molar-refractivity contribution in [1.29, 1.82) is 0 Å². The third kappa shape index (κ3) is 15.5. The zero-order chi connectivity index (χ0) is 18.4. The van der Waals surface area contributed by atoms with Crippen LogP contribution in [0.15, 0.2) is 0 Å². The molecule has 0 rings (SSSR count). The molecule has 24 heavy (non-hydrogen) atoms. The van der Waals surface area contributed by atoms with Crippen molar-refractivity contribution in [2.24, 2.45) is 5.92 Å². The molecule has 0 N–H and O–H groups in total. The Bertz CT molecular complexity index is 265. The third-order valence-electron chi connectivity index (χ3n) is 4.21. The van der Waals surface area contributed by atoms with Crippen LogP contribution in [0.2, 0.25) is 0 Å². The van der Waals surface area contributed by atoms with Crippen LogP contribution in [0.1, 0.15) is 105 Å². The highest BCUT2D eigenvalue weighted by Crippen LogP contribution is 2.44. The topological polar surface area (TPSA) is 0 Å². The Hall–Kier alpha value is 1.28. The second kappa shape index (κ2) is 15.3. The van der Waals surface area contributed by atoms with Crippen LogP contribution >= 0.6 is 44.8 Å². The van der Waals surface area contributed by atoms with Crippen LogP contribution in [0.25, 0.3) is 0 Å². The van der Waals surface area contributed by atoms with E-state index in [2.05, 4.69) is 34.6 Å². The van der Waals surface area contributed by atoms with E-state index < -0.39 is 0 Å². The van der Waals surface area contributed by atoms with Crippen LogP contribution in [-0.2, 0) is 0 Å². The minimum Gasteiger partial charge on any atom is -0.105 e. The number of rotatable bonds is 15. The number of alkyl halides is 2. The van der Waals surface area contributed by atoms with Crippen LogP contribution < -0.4 is 0 Å². The van der Waals surface area contributed by atoms with E-state index in [-0.39, 0.29) is 9.58 Å². The Labute approximate surface area is 170 Å². The van der Waals surface area contributed by atoms with Gasteiger partial charge in [0.1, 0.15) is 4.84 Å². The van der Waals surface area contributed by atoms with Gasteiger partial charge in [-0.2, -0.15) is 0 Å². The Morgan fingerprint density at radius 1 is 0.792 bits per heavy atom. The Kier molecular flexibility index (Phi) is 16.2. The van der Waals surface area contributed by atoms with Gasteiger partial charge in [0.2, 0.25) is 0 Å². The van der Waals surface area contributed by atoms with E-state index in [9.17, 15) is 0 Å². The molecule has 0 heterocycles. The van der Waals surface area contributed by atoms with Crippen molar-refractivity contribution in [2.75, 3.05) is 0 Å². The second-order valence-electron chi connectivity index (χ2n) is 7.92. The minimum absolute atomic E-state index is 0.239. The summed E-state index contributed by atoms with van der Waals surface area (Å²) in [7, 11) is 4.04. The summed E-state index contributed by atoms with van der Waals surface area (Å²) in [5.41, 5.74) is 0. The van der Waals surface area contributed by atoms with Gasteiger partial charge in [0.05, 0.1) is 0 Å². The van der Waals surface area contributed by atoms with Crippen LogP contribution in [0.5, 0.6) is 0 Å². The van der Waals surface area contributed by atoms with Crippen LogP contribution in [-0.4, -0.2) is 14.8 Å². The number of halogens is 2. The largest absolute Gasteiger partial charge is 0.108 e. The van der Waals surface area contributed by atoms with E-state index in [1.807, 2.05) is 21.6 Å². The molecule has 4 heteroatoms. The van der Waals surface area contributed by atoms with Gasteiger partial charge >= 0.3 is 0 Å². The Morgan fingerprint density at radius 3 is 1.67 bits per heavy atom. The standard InChI is InChI=1S/C20H40Cl2S2/c1-6-8-10-12-14-17(15-13-11-9-7-2)18(16-19(21)22)23-24-20(3,4)5/h17-19H,6-16H2,1-5H3/t18-/m1/s1.